The van der Waals surface area contributed by atoms with Gasteiger partial charge in [-0.15, -0.1) is 0 Å². The molecule has 2 N–H and O–H groups in total. The summed E-state index contributed by atoms with van der Waals surface area (Å²) in [6.07, 6.45) is 1.80. The van der Waals surface area contributed by atoms with Gasteiger partial charge < -0.3 is 5.73 Å². The summed E-state index contributed by atoms with van der Waals surface area (Å²) in [6, 6.07) is 7.55. The molecule has 0 bridgehead atoms. The van der Waals surface area contributed by atoms with Gasteiger partial charge in [0.2, 0.25) is 0 Å². The molecule has 1 heterocycles. The maximum Gasteiger partial charge on any atom is 0.159 e. The van der Waals surface area contributed by atoms with E-state index >= 15 is 0 Å². The second-order valence-electron chi connectivity index (χ2n) is 4.47. The number of benzene rings is 1. The first-order chi connectivity index (χ1) is 8.61. The third-order valence-corrected chi connectivity index (χ3v) is 2.98. The Hall–Kier alpha value is -1.45. The normalized spacial score (nSPS) is 10.9. The number of nitrogens with two attached hydrogens (primary N) is 1. The van der Waals surface area contributed by atoms with E-state index in [0.717, 1.165) is 16.8 Å². The van der Waals surface area contributed by atoms with Gasteiger partial charge in [0, 0.05) is 28.9 Å². The van der Waals surface area contributed by atoms with Crippen molar-refractivity contribution < 1.29 is 0 Å². The van der Waals surface area contributed by atoms with Crippen LogP contribution in [0.3, 0.4) is 0 Å². The number of rotatable bonds is 3. The van der Waals surface area contributed by atoms with Gasteiger partial charge in [-0.25, -0.2) is 9.97 Å². The van der Waals surface area contributed by atoms with Crippen molar-refractivity contribution in [1.82, 2.24) is 9.97 Å². The Kier molecular flexibility index (Phi) is 3.94. The van der Waals surface area contributed by atoms with Gasteiger partial charge in [0.1, 0.15) is 0 Å². The van der Waals surface area contributed by atoms with Crippen LogP contribution in [0.5, 0.6) is 0 Å². The molecule has 1 aromatic carbocycles. The van der Waals surface area contributed by atoms with Gasteiger partial charge in [-0.05, 0) is 18.1 Å². The monoisotopic (exact) mass is 261 g/mol. The predicted molar refractivity (Wildman–Crippen MR) is 74.5 cm³/mol. The molecular formula is C14H16ClN3. The number of hydrogen-bond acceptors (Lipinski definition) is 3. The van der Waals surface area contributed by atoms with Gasteiger partial charge >= 0.3 is 0 Å². The van der Waals surface area contributed by atoms with Crippen LogP contribution in [0.15, 0.2) is 30.5 Å². The number of aromatic nitrogens is 2. The van der Waals surface area contributed by atoms with Crippen LogP contribution in [0.2, 0.25) is 5.02 Å². The Morgan fingerprint density at radius 3 is 2.72 bits per heavy atom. The van der Waals surface area contributed by atoms with Gasteiger partial charge in [-0.1, -0.05) is 37.6 Å². The standard InChI is InChI=1S/C14H16ClN3/c1-9(2)13-11(7-16)8-17-14(18-13)10-4-3-5-12(15)6-10/h3-6,8-9H,7,16H2,1-2H3. The predicted octanol–water partition coefficient (Wildman–Crippen LogP) is 3.38. The summed E-state index contributed by atoms with van der Waals surface area (Å²) in [7, 11) is 0. The van der Waals surface area contributed by atoms with Crippen LogP contribution < -0.4 is 5.73 Å². The topological polar surface area (TPSA) is 51.8 Å². The maximum atomic E-state index is 5.98. The molecule has 0 aliphatic carbocycles. The molecule has 2 rings (SSSR count). The van der Waals surface area contributed by atoms with E-state index in [0.29, 0.717) is 23.3 Å². The summed E-state index contributed by atoms with van der Waals surface area (Å²) in [5.74, 6) is 1.02. The van der Waals surface area contributed by atoms with Gasteiger partial charge in [-0.2, -0.15) is 0 Å². The Balaban J connectivity index is 2.50. The third kappa shape index (κ3) is 2.68. The van der Waals surface area contributed by atoms with Crippen LogP contribution in [-0.4, -0.2) is 9.97 Å². The van der Waals surface area contributed by atoms with Crippen LogP contribution in [-0.2, 0) is 6.54 Å². The molecule has 3 nitrogen and oxygen atoms in total. The zero-order valence-electron chi connectivity index (χ0n) is 10.5. The minimum Gasteiger partial charge on any atom is -0.326 e. The lowest BCUT2D eigenvalue weighted by Gasteiger charge is -2.11. The van der Waals surface area contributed by atoms with E-state index in [1.165, 1.54) is 0 Å². The fraction of sp³-hybridized carbons (Fsp3) is 0.286. The molecule has 0 atom stereocenters. The van der Waals surface area contributed by atoms with Crippen LogP contribution >= 0.6 is 11.6 Å². The van der Waals surface area contributed by atoms with Crippen LogP contribution in [0.4, 0.5) is 0 Å². The van der Waals surface area contributed by atoms with E-state index < -0.39 is 0 Å². The zero-order chi connectivity index (χ0) is 13.1. The molecule has 0 fully saturated rings. The first-order valence-electron chi connectivity index (χ1n) is 5.93. The van der Waals surface area contributed by atoms with Gasteiger partial charge in [-0.3, -0.25) is 0 Å². The highest BCUT2D eigenvalue weighted by atomic mass is 35.5. The lowest BCUT2D eigenvalue weighted by Crippen LogP contribution is -2.07. The van der Waals surface area contributed by atoms with Crippen molar-refractivity contribution in [2.45, 2.75) is 26.3 Å². The Morgan fingerprint density at radius 1 is 1.33 bits per heavy atom. The molecule has 4 heteroatoms. The average molecular weight is 262 g/mol. The molecule has 0 saturated carbocycles. The van der Waals surface area contributed by atoms with Crippen molar-refractivity contribution in [1.29, 1.82) is 0 Å². The van der Waals surface area contributed by atoms with E-state index in [4.69, 9.17) is 17.3 Å². The fourth-order valence-corrected chi connectivity index (χ4v) is 2.03. The Bertz CT molecular complexity index is 552. The number of hydrogen-bond donors (Lipinski definition) is 1. The SMILES string of the molecule is CC(C)c1nc(-c2cccc(Cl)c2)ncc1CN. The van der Waals surface area contributed by atoms with E-state index in [9.17, 15) is 0 Å². The van der Waals surface area contributed by atoms with E-state index in [-0.39, 0.29) is 0 Å². The van der Waals surface area contributed by atoms with Gasteiger partial charge in [0.05, 0.1) is 5.69 Å². The number of nitrogens with zero attached hydrogens (tertiary/aromatic N) is 2. The van der Waals surface area contributed by atoms with Crippen molar-refractivity contribution >= 4 is 11.6 Å². The molecule has 94 valence electrons. The minimum absolute atomic E-state index is 0.324. The molecule has 0 aliphatic heterocycles. The highest BCUT2D eigenvalue weighted by Gasteiger charge is 2.11. The van der Waals surface area contributed by atoms with Crippen LogP contribution in [0, 0.1) is 0 Å². The van der Waals surface area contributed by atoms with E-state index in [1.54, 1.807) is 6.20 Å². The summed E-state index contributed by atoms with van der Waals surface area (Å²) in [4.78, 5) is 8.96. The van der Waals surface area contributed by atoms with Crippen LogP contribution in [0.1, 0.15) is 31.0 Å². The van der Waals surface area contributed by atoms with Gasteiger partial charge in [0.15, 0.2) is 5.82 Å². The Labute approximate surface area is 112 Å². The van der Waals surface area contributed by atoms with E-state index in [2.05, 4.69) is 23.8 Å². The van der Waals surface area contributed by atoms with E-state index in [1.807, 2.05) is 24.3 Å². The smallest absolute Gasteiger partial charge is 0.159 e. The molecule has 1 aromatic heterocycles. The lowest BCUT2D eigenvalue weighted by atomic mass is 10.0. The Morgan fingerprint density at radius 2 is 2.11 bits per heavy atom. The second-order valence-corrected chi connectivity index (χ2v) is 4.91. The van der Waals surface area contributed by atoms with Crippen molar-refractivity contribution in [2.24, 2.45) is 5.73 Å². The first-order valence-corrected chi connectivity index (χ1v) is 6.31. The highest BCUT2D eigenvalue weighted by molar-refractivity contribution is 6.30. The molecule has 0 spiro atoms. The van der Waals surface area contributed by atoms with Crippen molar-refractivity contribution in [3.8, 4) is 11.4 Å². The molecule has 0 unspecified atom stereocenters. The summed E-state index contributed by atoms with van der Waals surface area (Å²) in [5.41, 5.74) is 8.62. The molecule has 0 radical (unpaired) electrons. The van der Waals surface area contributed by atoms with Crippen molar-refractivity contribution in [3.05, 3.63) is 46.7 Å². The molecule has 18 heavy (non-hydrogen) atoms. The molecular weight excluding hydrogens is 246 g/mol. The number of halogens is 1. The maximum absolute atomic E-state index is 5.98. The molecule has 2 aromatic rings. The largest absolute Gasteiger partial charge is 0.326 e. The fourth-order valence-electron chi connectivity index (χ4n) is 1.84. The summed E-state index contributed by atoms with van der Waals surface area (Å²) >= 11 is 5.98. The first kappa shape index (κ1) is 13.0. The summed E-state index contributed by atoms with van der Waals surface area (Å²) in [5, 5.41) is 0.685. The average Bonchev–Trinajstić information content (AvgIpc) is 2.38. The molecule has 0 aliphatic rings. The molecule has 0 saturated heterocycles. The van der Waals surface area contributed by atoms with Crippen molar-refractivity contribution in [3.63, 3.8) is 0 Å². The van der Waals surface area contributed by atoms with Crippen molar-refractivity contribution in [2.75, 3.05) is 0 Å². The second kappa shape index (κ2) is 5.46. The minimum atomic E-state index is 0.324. The summed E-state index contributed by atoms with van der Waals surface area (Å²) < 4.78 is 0. The summed E-state index contributed by atoms with van der Waals surface area (Å²) in [6.45, 7) is 4.66. The third-order valence-electron chi connectivity index (χ3n) is 2.75. The highest BCUT2D eigenvalue weighted by Crippen LogP contribution is 2.23. The quantitative estimate of drug-likeness (QED) is 0.922. The van der Waals surface area contributed by atoms with Crippen LogP contribution in [0.25, 0.3) is 11.4 Å². The molecule has 0 amide bonds. The zero-order valence-corrected chi connectivity index (χ0v) is 11.3. The lowest BCUT2D eigenvalue weighted by molar-refractivity contribution is 0.787. The van der Waals surface area contributed by atoms with Gasteiger partial charge in [0.25, 0.3) is 0 Å².